The van der Waals surface area contributed by atoms with E-state index in [2.05, 4.69) is 22.2 Å². The number of aliphatic hydroxyl groups excluding tert-OH is 1. The van der Waals surface area contributed by atoms with Crippen molar-refractivity contribution in [3.63, 3.8) is 0 Å². The van der Waals surface area contributed by atoms with Crippen molar-refractivity contribution < 1.29 is 9.90 Å². The number of hydrogen-bond acceptors (Lipinski definition) is 4. The number of halogens is 2. The summed E-state index contributed by atoms with van der Waals surface area (Å²) in [5, 5.41) is 14.5. The number of nitrogens with zero attached hydrogens (tertiary/aromatic N) is 2. The van der Waals surface area contributed by atoms with Crippen LogP contribution in [0, 0.1) is 17.8 Å². The van der Waals surface area contributed by atoms with Gasteiger partial charge >= 0.3 is 0 Å². The number of fused-ring (bicyclic) bond motifs is 1. The average Bonchev–Trinajstić information content (AvgIpc) is 3.36. The number of anilines is 1. The van der Waals surface area contributed by atoms with E-state index in [9.17, 15) is 9.90 Å². The minimum atomic E-state index is -0.716. The van der Waals surface area contributed by atoms with Crippen LogP contribution in [-0.4, -0.2) is 27.1 Å². The number of rotatable bonds is 3. The molecular weight excluding hydrogens is 373 g/mol. The number of aliphatic hydroxyl groups is 1. The van der Waals surface area contributed by atoms with E-state index in [0.29, 0.717) is 34.0 Å². The van der Waals surface area contributed by atoms with Crippen molar-refractivity contribution in [3.8, 4) is 0 Å². The summed E-state index contributed by atoms with van der Waals surface area (Å²) in [6.45, 7) is 2.13. The van der Waals surface area contributed by atoms with Gasteiger partial charge in [-0.1, -0.05) is 30.1 Å². The average molecular weight is 392 g/mol. The van der Waals surface area contributed by atoms with E-state index in [4.69, 9.17) is 23.2 Å². The lowest BCUT2D eigenvalue weighted by Crippen LogP contribution is -2.47. The van der Waals surface area contributed by atoms with Crippen LogP contribution in [0.25, 0.3) is 0 Å². The standard InChI is InChI=1S/C19H19Cl2N3O2/c1-10-4-16(25)17(18(26)24-12-2-3-14(20)15(21)5-12)19(6-13(10)19)11-7-22-9-23-8-11/h2-3,5,7-10,13,16-17,25H,4,6H2,1H3,(H,24,26)/t10-,13-,16+,17-,19+/m1/s1. The van der Waals surface area contributed by atoms with E-state index < -0.39 is 17.4 Å². The molecule has 2 fully saturated rings. The second kappa shape index (κ2) is 6.48. The third-order valence-corrected chi connectivity index (χ3v) is 6.61. The van der Waals surface area contributed by atoms with Gasteiger partial charge in [-0.05, 0) is 48.4 Å². The quantitative estimate of drug-likeness (QED) is 0.836. The summed E-state index contributed by atoms with van der Waals surface area (Å²) >= 11 is 12.0. The van der Waals surface area contributed by atoms with Gasteiger partial charge in [-0.3, -0.25) is 4.79 Å². The lowest BCUT2D eigenvalue weighted by atomic mass is 9.69. The molecule has 0 saturated heterocycles. The van der Waals surface area contributed by atoms with Crippen LogP contribution in [-0.2, 0) is 10.2 Å². The van der Waals surface area contributed by atoms with Gasteiger partial charge in [0.15, 0.2) is 0 Å². The highest BCUT2D eigenvalue weighted by Gasteiger charge is 2.68. The van der Waals surface area contributed by atoms with Gasteiger partial charge in [0.25, 0.3) is 0 Å². The van der Waals surface area contributed by atoms with Crippen LogP contribution in [0.5, 0.6) is 0 Å². The summed E-state index contributed by atoms with van der Waals surface area (Å²) in [5.41, 5.74) is 1.08. The van der Waals surface area contributed by atoms with Crippen molar-refractivity contribution in [3.05, 3.63) is 52.5 Å². The van der Waals surface area contributed by atoms with Crippen LogP contribution in [0.4, 0.5) is 5.69 Å². The minimum absolute atomic E-state index is 0.214. The molecule has 2 aromatic rings. The van der Waals surface area contributed by atoms with Crippen molar-refractivity contribution in [1.29, 1.82) is 0 Å². The zero-order chi connectivity index (χ0) is 18.5. The maximum Gasteiger partial charge on any atom is 0.231 e. The van der Waals surface area contributed by atoms with E-state index in [1.807, 2.05) is 0 Å². The highest BCUT2D eigenvalue weighted by molar-refractivity contribution is 6.42. The summed E-state index contributed by atoms with van der Waals surface area (Å²) in [6, 6.07) is 4.95. The molecule has 0 radical (unpaired) electrons. The molecule has 7 heteroatoms. The van der Waals surface area contributed by atoms with Crippen molar-refractivity contribution in [2.24, 2.45) is 17.8 Å². The number of carbonyl (C=O) groups excluding carboxylic acids is 1. The molecule has 2 aliphatic carbocycles. The Morgan fingerprint density at radius 1 is 1.27 bits per heavy atom. The molecule has 1 amide bonds. The molecule has 0 aliphatic heterocycles. The van der Waals surface area contributed by atoms with Gasteiger partial charge < -0.3 is 10.4 Å². The number of hydrogen-bond donors (Lipinski definition) is 2. The summed E-state index contributed by atoms with van der Waals surface area (Å²) < 4.78 is 0. The first-order chi connectivity index (χ1) is 12.4. The molecule has 2 N–H and O–H groups in total. The summed E-state index contributed by atoms with van der Waals surface area (Å²) in [4.78, 5) is 21.4. The van der Waals surface area contributed by atoms with Crippen LogP contribution >= 0.6 is 23.2 Å². The molecule has 1 heterocycles. The van der Waals surface area contributed by atoms with Gasteiger partial charge in [0.2, 0.25) is 5.91 Å². The minimum Gasteiger partial charge on any atom is -0.392 e. The largest absolute Gasteiger partial charge is 0.392 e. The van der Waals surface area contributed by atoms with Crippen molar-refractivity contribution >= 4 is 34.8 Å². The topological polar surface area (TPSA) is 75.1 Å². The Kier molecular flexibility index (Phi) is 4.41. The number of amides is 1. The van der Waals surface area contributed by atoms with Crippen LogP contribution in [0.15, 0.2) is 36.9 Å². The van der Waals surface area contributed by atoms with E-state index in [0.717, 1.165) is 12.0 Å². The highest BCUT2D eigenvalue weighted by atomic mass is 35.5. The van der Waals surface area contributed by atoms with Gasteiger partial charge in [-0.2, -0.15) is 0 Å². The summed E-state index contributed by atoms with van der Waals surface area (Å²) in [7, 11) is 0. The fourth-order valence-corrected chi connectivity index (χ4v) is 4.95. The Bertz CT molecular complexity index is 848. The van der Waals surface area contributed by atoms with Gasteiger partial charge in [0, 0.05) is 23.5 Å². The molecule has 0 unspecified atom stereocenters. The number of aromatic nitrogens is 2. The van der Waals surface area contributed by atoms with E-state index in [1.54, 1.807) is 30.6 Å². The smallest absolute Gasteiger partial charge is 0.231 e. The molecular formula is C19H19Cl2N3O2. The number of carbonyl (C=O) groups is 1. The molecule has 5 atom stereocenters. The fourth-order valence-electron chi connectivity index (χ4n) is 4.65. The molecule has 1 aromatic carbocycles. The molecule has 5 nitrogen and oxygen atoms in total. The highest BCUT2D eigenvalue weighted by Crippen LogP contribution is 2.66. The monoisotopic (exact) mass is 391 g/mol. The fraction of sp³-hybridized carbons (Fsp3) is 0.421. The number of nitrogens with one attached hydrogen (secondary N) is 1. The SMILES string of the molecule is C[C@@H]1C[C@H](O)[C@H](C(=O)Nc2ccc(Cl)c(Cl)c2)[C@]2(c3cncnc3)C[C@H]12. The number of benzene rings is 1. The predicted molar refractivity (Wildman–Crippen MR) is 100 cm³/mol. The van der Waals surface area contributed by atoms with Crippen LogP contribution in [0.2, 0.25) is 10.0 Å². The van der Waals surface area contributed by atoms with Crippen LogP contribution < -0.4 is 5.32 Å². The molecule has 2 aliphatic rings. The van der Waals surface area contributed by atoms with Crippen molar-refractivity contribution in [2.75, 3.05) is 5.32 Å². The van der Waals surface area contributed by atoms with Crippen LogP contribution in [0.1, 0.15) is 25.3 Å². The Balaban J connectivity index is 1.66. The Morgan fingerprint density at radius 3 is 2.69 bits per heavy atom. The molecule has 4 rings (SSSR count). The Hall–Kier alpha value is -1.69. The summed E-state index contributed by atoms with van der Waals surface area (Å²) in [6.07, 6.45) is 5.75. The Labute approximate surface area is 161 Å². The molecule has 1 aromatic heterocycles. The third-order valence-electron chi connectivity index (χ3n) is 5.87. The van der Waals surface area contributed by atoms with E-state index >= 15 is 0 Å². The van der Waals surface area contributed by atoms with Crippen molar-refractivity contribution in [1.82, 2.24) is 9.97 Å². The van der Waals surface area contributed by atoms with Gasteiger partial charge in [-0.25, -0.2) is 9.97 Å². The van der Waals surface area contributed by atoms with E-state index in [-0.39, 0.29) is 5.91 Å². The normalized spacial score (nSPS) is 32.6. The molecule has 0 bridgehead atoms. The molecule has 26 heavy (non-hydrogen) atoms. The second-order valence-corrected chi connectivity index (χ2v) is 8.17. The predicted octanol–water partition coefficient (Wildman–Crippen LogP) is 3.70. The second-order valence-electron chi connectivity index (χ2n) is 7.35. The maximum atomic E-state index is 13.1. The van der Waals surface area contributed by atoms with Crippen LogP contribution in [0.3, 0.4) is 0 Å². The molecule has 0 spiro atoms. The van der Waals surface area contributed by atoms with E-state index in [1.165, 1.54) is 6.33 Å². The first kappa shape index (κ1) is 17.7. The van der Waals surface area contributed by atoms with Gasteiger partial charge in [-0.15, -0.1) is 0 Å². The zero-order valence-electron chi connectivity index (χ0n) is 14.2. The third kappa shape index (κ3) is 2.79. The van der Waals surface area contributed by atoms with Gasteiger partial charge in [0.05, 0.1) is 22.1 Å². The lowest BCUT2D eigenvalue weighted by Gasteiger charge is -2.37. The first-order valence-corrected chi connectivity index (χ1v) is 9.38. The maximum absolute atomic E-state index is 13.1. The molecule has 2 saturated carbocycles. The van der Waals surface area contributed by atoms with Crippen molar-refractivity contribution in [2.45, 2.75) is 31.3 Å². The van der Waals surface area contributed by atoms with Gasteiger partial charge in [0.1, 0.15) is 6.33 Å². The molecule has 136 valence electrons. The zero-order valence-corrected chi connectivity index (χ0v) is 15.7. The lowest BCUT2D eigenvalue weighted by molar-refractivity contribution is -0.127. The first-order valence-electron chi connectivity index (χ1n) is 8.63. The Morgan fingerprint density at radius 2 is 2.00 bits per heavy atom. The summed E-state index contributed by atoms with van der Waals surface area (Å²) in [5.74, 6) is -0.0704.